The number of carbonyl (C=O) groups is 2. The summed E-state index contributed by atoms with van der Waals surface area (Å²) in [5, 5.41) is 23.0. The fraction of sp³-hybridized carbons (Fsp3) is 0. The Hall–Kier alpha value is -3.09. The third kappa shape index (κ3) is 3.69. The van der Waals surface area contributed by atoms with Gasteiger partial charge in [-0.15, -0.1) is 0 Å². The molecule has 2 aromatic carbocycles. The number of hydrogen-bond acceptors (Lipinski definition) is 3. The van der Waals surface area contributed by atoms with Crippen LogP contribution in [0.2, 0.25) is 0 Å². The van der Waals surface area contributed by atoms with Crippen LogP contribution in [0.5, 0.6) is 5.75 Å². The van der Waals surface area contributed by atoms with Crippen LogP contribution in [0.4, 0.5) is 20.6 Å². The quantitative estimate of drug-likeness (QED) is 0.653. The van der Waals surface area contributed by atoms with Gasteiger partial charge in [-0.25, -0.2) is 14.0 Å². The number of aromatic carboxylic acids is 1. The summed E-state index contributed by atoms with van der Waals surface area (Å²) >= 11 is 0. The molecule has 2 aromatic rings. The highest BCUT2D eigenvalue weighted by molar-refractivity contribution is 6.01. The molecular formula is C14H11FN2O4. The Morgan fingerprint density at radius 1 is 1.00 bits per heavy atom. The maximum absolute atomic E-state index is 13.0. The molecule has 2 amide bonds. The second kappa shape index (κ2) is 5.91. The van der Waals surface area contributed by atoms with Crippen LogP contribution in [0.3, 0.4) is 0 Å². The molecule has 0 aromatic heterocycles. The Kier molecular flexibility index (Phi) is 4.03. The number of amides is 2. The standard InChI is InChI=1S/C14H11FN2O4/c15-8-2-1-3-9(6-8)16-14(21)17-10-4-5-12(18)11(7-10)13(19)20/h1-7,18H,(H,19,20)(H2,16,17,21). The number of carbonyl (C=O) groups excluding carboxylic acids is 1. The number of hydrogen-bond donors (Lipinski definition) is 4. The molecule has 0 spiro atoms. The molecule has 0 aliphatic carbocycles. The molecule has 0 saturated heterocycles. The van der Waals surface area contributed by atoms with E-state index in [0.717, 1.165) is 18.2 Å². The molecule has 0 radical (unpaired) electrons. The van der Waals surface area contributed by atoms with E-state index in [2.05, 4.69) is 10.6 Å². The first kappa shape index (κ1) is 14.3. The van der Waals surface area contributed by atoms with E-state index in [9.17, 15) is 19.1 Å². The fourth-order valence-corrected chi connectivity index (χ4v) is 1.64. The van der Waals surface area contributed by atoms with E-state index in [4.69, 9.17) is 5.11 Å². The fourth-order valence-electron chi connectivity index (χ4n) is 1.64. The van der Waals surface area contributed by atoms with Crippen LogP contribution in [-0.4, -0.2) is 22.2 Å². The van der Waals surface area contributed by atoms with E-state index in [-0.39, 0.29) is 16.9 Å². The highest BCUT2D eigenvalue weighted by Gasteiger charge is 2.11. The van der Waals surface area contributed by atoms with E-state index < -0.39 is 23.6 Å². The molecule has 4 N–H and O–H groups in total. The number of nitrogens with one attached hydrogen (secondary N) is 2. The second-order valence-corrected chi connectivity index (χ2v) is 4.13. The van der Waals surface area contributed by atoms with Crippen LogP contribution in [0.15, 0.2) is 42.5 Å². The molecule has 0 aliphatic heterocycles. The molecule has 0 heterocycles. The predicted molar refractivity (Wildman–Crippen MR) is 74.1 cm³/mol. The molecule has 0 atom stereocenters. The summed E-state index contributed by atoms with van der Waals surface area (Å²) in [5.74, 6) is -2.22. The van der Waals surface area contributed by atoms with Crippen molar-refractivity contribution < 1.29 is 24.2 Å². The van der Waals surface area contributed by atoms with Crippen molar-refractivity contribution in [1.29, 1.82) is 0 Å². The van der Waals surface area contributed by atoms with Crippen molar-refractivity contribution in [3.8, 4) is 5.75 Å². The van der Waals surface area contributed by atoms with Crippen LogP contribution in [0.25, 0.3) is 0 Å². The van der Waals surface area contributed by atoms with Gasteiger partial charge in [0.1, 0.15) is 17.1 Å². The van der Waals surface area contributed by atoms with Crippen molar-refractivity contribution in [1.82, 2.24) is 0 Å². The molecule has 0 unspecified atom stereocenters. The summed E-state index contributed by atoms with van der Waals surface area (Å²) < 4.78 is 13.0. The zero-order chi connectivity index (χ0) is 15.4. The molecule has 0 saturated carbocycles. The van der Waals surface area contributed by atoms with Gasteiger partial charge in [0.15, 0.2) is 0 Å². The van der Waals surface area contributed by atoms with Gasteiger partial charge in [-0.1, -0.05) is 6.07 Å². The summed E-state index contributed by atoms with van der Waals surface area (Å²) in [7, 11) is 0. The first-order chi connectivity index (χ1) is 9.95. The van der Waals surface area contributed by atoms with Gasteiger partial charge in [-0.2, -0.15) is 0 Å². The lowest BCUT2D eigenvalue weighted by Gasteiger charge is -2.09. The van der Waals surface area contributed by atoms with Gasteiger partial charge in [0, 0.05) is 11.4 Å². The molecule has 108 valence electrons. The third-order valence-electron chi connectivity index (χ3n) is 2.57. The van der Waals surface area contributed by atoms with Gasteiger partial charge in [0.25, 0.3) is 0 Å². The number of halogens is 1. The molecule has 0 aliphatic rings. The zero-order valence-electron chi connectivity index (χ0n) is 10.6. The third-order valence-corrected chi connectivity index (χ3v) is 2.57. The van der Waals surface area contributed by atoms with Gasteiger partial charge in [-0.05, 0) is 36.4 Å². The Morgan fingerprint density at radius 2 is 1.67 bits per heavy atom. The number of carboxylic acids is 1. The number of benzene rings is 2. The number of rotatable bonds is 3. The first-order valence-electron chi connectivity index (χ1n) is 5.85. The van der Waals surface area contributed by atoms with Gasteiger partial charge in [-0.3, -0.25) is 0 Å². The largest absolute Gasteiger partial charge is 0.507 e. The Labute approximate surface area is 118 Å². The van der Waals surface area contributed by atoms with Crippen molar-refractivity contribution in [3.05, 3.63) is 53.8 Å². The molecule has 2 rings (SSSR count). The van der Waals surface area contributed by atoms with Crippen LogP contribution in [0, 0.1) is 5.82 Å². The smallest absolute Gasteiger partial charge is 0.339 e. The lowest BCUT2D eigenvalue weighted by Crippen LogP contribution is -2.19. The van der Waals surface area contributed by atoms with Gasteiger partial charge >= 0.3 is 12.0 Å². The minimum Gasteiger partial charge on any atom is -0.507 e. The molecule has 7 heteroatoms. The number of urea groups is 1. The Balaban J connectivity index is 2.09. The summed E-state index contributed by atoms with van der Waals surface area (Å²) in [6.45, 7) is 0. The second-order valence-electron chi connectivity index (χ2n) is 4.13. The van der Waals surface area contributed by atoms with Crippen LogP contribution >= 0.6 is 0 Å². The Bertz CT molecular complexity index is 703. The maximum atomic E-state index is 13.0. The van der Waals surface area contributed by atoms with Crippen LogP contribution < -0.4 is 10.6 Å². The predicted octanol–water partition coefficient (Wildman–Crippen LogP) is 2.87. The van der Waals surface area contributed by atoms with E-state index in [0.29, 0.717) is 0 Å². The lowest BCUT2D eigenvalue weighted by atomic mass is 10.2. The number of carboxylic acid groups (broad SMARTS) is 1. The van der Waals surface area contributed by atoms with Gasteiger partial charge in [0.2, 0.25) is 0 Å². The molecule has 6 nitrogen and oxygen atoms in total. The number of aromatic hydroxyl groups is 1. The first-order valence-corrected chi connectivity index (χ1v) is 5.85. The molecule has 0 fully saturated rings. The number of anilines is 2. The summed E-state index contributed by atoms with van der Waals surface area (Å²) in [6, 6.07) is 8.26. The zero-order valence-corrected chi connectivity index (χ0v) is 10.6. The van der Waals surface area contributed by atoms with Gasteiger partial charge in [0.05, 0.1) is 0 Å². The Morgan fingerprint density at radius 3 is 2.29 bits per heavy atom. The van der Waals surface area contributed by atoms with Crippen LogP contribution in [-0.2, 0) is 0 Å². The van der Waals surface area contributed by atoms with Crippen molar-refractivity contribution in [2.45, 2.75) is 0 Å². The van der Waals surface area contributed by atoms with E-state index >= 15 is 0 Å². The summed E-state index contributed by atoms with van der Waals surface area (Å²) in [6.07, 6.45) is 0. The van der Waals surface area contributed by atoms with Crippen LogP contribution in [0.1, 0.15) is 10.4 Å². The minimum absolute atomic E-state index is 0.180. The topological polar surface area (TPSA) is 98.7 Å². The van der Waals surface area contributed by atoms with E-state index in [1.165, 1.54) is 24.3 Å². The monoisotopic (exact) mass is 290 g/mol. The normalized spacial score (nSPS) is 9.95. The van der Waals surface area contributed by atoms with Crippen molar-refractivity contribution in [2.24, 2.45) is 0 Å². The summed E-state index contributed by atoms with van der Waals surface area (Å²) in [5.41, 5.74) is 0.0994. The molecular weight excluding hydrogens is 279 g/mol. The van der Waals surface area contributed by atoms with Crippen molar-refractivity contribution in [2.75, 3.05) is 10.6 Å². The number of phenols is 1. The minimum atomic E-state index is -1.32. The molecule has 0 bridgehead atoms. The average Bonchev–Trinajstić information content (AvgIpc) is 2.40. The SMILES string of the molecule is O=C(Nc1cccc(F)c1)Nc1ccc(O)c(C(=O)O)c1. The lowest BCUT2D eigenvalue weighted by molar-refractivity contribution is 0.0693. The summed E-state index contributed by atoms with van der Waals surface area (Å²) in [4.78, 5) is 22.6. The van der Waals surface area contributed by atoms with E-state index in [1.54, 1.807) is 0 Å². The van der Waals surface area contributed by atoms with E-state index in [1.807, 2.05) is 0 Å². The highest BCUT2D eigenvalue weighted by atomic mass is 19.1. The highest BCUT2D eigenvalue weighted by Crippen LogP contribution is 2.21. The average molecular weight is 290 g/mol. The van der Waals surface area contributed by atoms with Gasteiger partial charge < -0.3 is 20.8 Å². The molecule has 21 heavy (non-hydrogen) atoms. The van der Waals surface area contributed by atoms with Crippen molar-refractivity contribution in [3.63, 3.8) is 0 Å². The maximum Gasteiger partial charge on any atom is 0.339 e. The van der Waals surface area contributed by atoms with Crippen molar-refractivity contribution >= 4 is 23.4 Å².